The standard InChI is InChI=1S/C16H18FNO2/c17-12-4-5-13-11(9-12)10-15(20-13)16(19)6-8-18-7-2-1-3-14(16)18/h4-5,9-10,14,19H,1-3,6-8H2. The van der Waals surface area contributed by atoms with Crippen molar-refractivity contribution in [1.82, 2.24) is 4.90 Å². The van der Waals surface area contributed by atoms with E-state index in [1.54, 1.807) is 12.1 Å². The molecule has 4 rings (SSSR count). The predicted octanol–water partition coefficient (Wildman–Crippen LogP) is 3.02. The first-order valence-electron chi connectivity index (χ1n) is 7.33. The summed E-state index contributed by atoms with van der Waals surface area (Å²) < 4.78 is 19.1. The Morgan fingerprint density at radius 2 is 2.15 bits per heavy atom. The number of hydrogen-bond donors (Lipinski definition) is 1. The third kappa shape index (κ3) is 1.71. The van der Waals surface area contributed by atoms with E-state index in [4.69, 9.17) is 4.42 Å². The zero-order valence-corrected chi connectivity index (χ0v) is 11.3. The summed E-state index contributed by atoms with van der Waals surface area (Å²) in [6.07, 6.45) is 4.05. The van der Waals surface area contributed by atoms with E-state index in [9.17, 15) is 9.50 Å². The number of hydrogen-bond acceptors (Lipinski definition) is 3. The molecule has 4 heteroatoms. The van der Waals surface area contributed by atoms with Crippen molar-refractivity contribution in [3.8, 4) is 0 Å². The monoisotopic (exact) mass is 275 g/mol. The van der Waals surface area contributed by atoms with Crippen LogP contribution in [0, 0.1) is 5.82 Å². The van der Waals surface area contributed by atoms with E-state index in [1.807, 2.05) is 0 Å². The van der Waals surface area contributed by atoms with Gasteiger partial charge in [0.1, 0.15) is 22.8 Å². The Balaban J connectivity index is 1.77. The summed E-state index contributed by atoms with van der Waals surface area (Å²) in [5, 5.41) is 11.8. The van der Waals surface area contributed by atoms with Gasteiger partial charge in [-0.3, -0.25) is 4.90 Å². The first-order valence-corrected chi connectivity index (χ1v) is 7.33. The lowest BCUT2D eigenvalue weighted by Gasteiger charge is -2.36. The lowest BCUT2D eigenvalue weighted by Crippen LogP contribution is -2.44. The zero-order valence-electron chi connectivity index (χ0n) is 11.3. The Kier molecular flexibility index (Phi) is 2.66. The van der Waals surface area contributed by atoms with Crippen LogP contribution in [0.1, 0.15) is 31.4 Å². The molecule has 2 aliphatic rings. The van der Waals surface area contributed by atoms with Crippen molar-refractivity contribution < 1.29 is 13.9 Å². The van der Waals surface area contributed by atoms with Gasteiger partial charge in [0.15, 0.2) is 0 Å². The summed E-state index contributed by atoms with van der Waals surface area (Å²) >= 11 is 0. The minimum atomic E-state index is -0.921. The SMILES string of the molecule is OC1(c2cc3cc(F)ccc3o2)CCN2CCCCC21. The number of piperidine rings is 1. The summed E-state index contributed by atoms with van der Waals surface area (Å²) in [5.41, 5.74) is -0.278. The molecule has 0 spiro atoms. The van der Waals surface area contributed by atoms with Crippen LogP contribution in [0.2, 0.25) is 0 Å². The Bertz CT molecular complexity index is 653. The number of aliphatic hydroxyl groups is 1. The van der Waals surface area contributed by atoms with Crippen molar-refractivity contribution >= 4 is 11.0 Å². The topological polar surface area (TPSA) is 36.6 Å². The van der Waals surface area contributed by atoms with Crippen LogP contribution < -0.4 is 0 Å². The molecule has 2 saturated heterocycles. The minimum Gasteiger partial charge on any atom is -0.458 e. The second-order valence-corrected chi connectivity index (χ2v) is 6.01. The molecule has 20 heavy (non-hydrogen) atoms. The van der Waals surface area contributed by atoms with Gasteiger partial charge in [-0.15, -0.1) is 0 Å². The van der Waals surface area contributed by atoms with Crippen LogP contribution in [-0.4, -0.2) is 29.1 Å². The largest absolute Gasteiger partial charge is 0.458 e. The van der Waals surface area contributed by atoms with Crippen molar-refractivity contribution in [3.63, 3.8) is 0 Å². The van der Waals surface area contributed by atoms with E-state index in [-0.39, 0.29) is 11.9 Å². The summed E-state index contributed by atoms with van der Waals surface area (Å²) in [4.78, 5) is 2.36. The molecule has 106 valence electrons. The molecule has 0 radical (unpaired) electrons. The van der Waals surface area contributed by atoms with Crippen LogP contribution >= 0.6 is 0 Å². The quantitative estimate of drug-likeness (QED) is 0.869. The fourth-order valence-corrected chi connectivity index (χ4v) is 3.80. The third-order valence-corrected chi connectivity index (χ3v) is 4.85. The minimum absolute atomic E-state index is 0.140. The van der Waals surface area contributed by atoms with Crippen molar-refractivity contribution in [3.05, 3.63) is 35.8 Å². The molecular weight excluding hydrogens is 257 g/mol. The Hall–Kier alpha value is -1.39. The second kappa shape index (κ2) is 4.30. The average molecular weight is 275 g/mol. The molecule has 2 fully saturated rings. The number of fused-ring (bicyclic) bond motifs is 2. The molecule has 3 heterocycles. The summed E-state index contributed by atoms with van der Waals surface area (Å²) in [7, 11) is 0. The van der Waals surface area contributed by atoms with Gasteiger partial charge in [0, 0.05) is 18.0 Å². The van der Waals surface area contributed by atoms with Crippen LogP contribution in [0.25, 0.3) is 11.0 Å². The highest BCUT2D eigenvalue weighted by Crippen LogP contribution is 2.43. The molecule has 3 nitrogen and oxygen atoms in total. The van der Waals surface area contributed by atoms with Crippen molar-refractivity contribution in [2.45, 2.75) is 37.3 Å². The Morgan fingerprint density at radius 1 is 1.25 bits per heavy atom. The molecule has 2 atom stereocenters. The van der Waals surface area contributed by atoms with Crippen LogP contribution in [0.15, 0.2) is 28.7 Å². The summed E-state index contributed by atoms with van der Waals surface area (Å²) in [6, 6.07) is 6.42. The molecule has 2 aliphatic heterocycles. The molecule has 0 saturated carbocycles. The van der Waals surface area contributed by atoms with Crippen molar-refractivity contribution in [2.24, 2.45) is 0 Å². The molecule has 0 amide bonds. The fourth-order valence-electron chi connectivity index (χ4n) is 3.80. The smallest absolute Gasteiger partial charge is 0.139 e. The highest BCUT2D eigenvalue weighted by Gasteiger charge is 2.49. The van der Waals surface area contributed by atoms with Crippen LogP contribution in [0.4, 0.5) is 4.39 Å². The maximum absolute atomic E-state index is 13.3. The number of furan rings is 1. The Labute approximate surface area is 117 Å². The lowest BCUT2D eigenvalue weighted by atomic mass is 9.86. The normalized spacial score (nSPS) is 30.8. The van der Waals surface area contributed by atoms with Gasteiger partial charge in [-0.2, -0.15) is 0 Å². The molecule has 1 aromatic carbocycles. The fraction of sp³-hybridized carbons (Fsp3) is 0.500. The molecule has 0 bridgehead atoms. The first-order chi connectivity index (χ1) is 9.67. The number of nitrogens with zero attached hydrogens (tertiary/aromatic N) is 1. The maximum atomic E-state index is 13.3. The molecule has 2 aromatic rings. The lowest BCUT2D eigenvalue weighted by molar-refractivity contribution is -0.0293. The van der Waals surface area contributed by atoms with Gasteiger partial charge in [-0.1, -0.05) is 6.42 Å². The van der Waals surface area contributed by atoms with Gasteiger partial charge in [0.25, 0.3) is 0 Å². The van der Waals surface area contributed by atoms with Crippen molar-refractivity contribution in [1.29, 1.82) is 0 Å². The van der Waals surface area contributed by atoms with Crippen LogP contribution in [0.3, 0.4) is 0 Å². The molecule has 1 aromatic heterocycles. The number of benzene rings is 1. The van der Waals surface area contributed by atoms with Crippen molar-refractivity contribution in [2.75, 3.05) is 13.1 Å². The maximum Gasteiger partial charge on any atom is 0.139 e. The highest BCUT2D eigenvalue weighted by atomic mass is 19.1. The van der Waals surface area contributed by atoms with Gasteiger partial charge >= 0.3 is 0 Å². The second-order valence-electron chi connectivity index (χ2n) is 6.01. The average Bonchev–Trinajstić information content (AvgIpc) is 3.02. The molecule has 1 N–H and O–H groups in total. The van der Waals surface area contributed by atoms with E-state index in [1.165, 1.54) is 18.6 Å². The Morgan fingerprint density at radius 3 is 3.05 bits per heavy atom. The molecule has 0 aliphatic carbocycles. The molecular formula is C16H18FNO2. The molecule has 2 unspecified atom stereocenters. The van der Waals surface area contributed by atoms with Gasteiger partial charge < -0.3 is 9.52 Å². The van der Waals surface area contributed by atoms with Crippen LogP contribution in [0.5, 0.6) is 0 Å². The van der Waals surface area contributed by atoms with Crippen LogP contribution in [-0.2, 0) is 5.60 Å². The van der Waals surface area contributed by atoms with Gasteiger partial charge in [0.05, 0.1) is 0 Å². The summed E-state index contributed by atoms with van der Waals surface area (Å²) in [6.45, 7) is 1.97. The highest BCUT2D eigenvalue weighted by molar-refractivity contribution is 5.78. The predicted molar refractivity (Wildman–Crippen MR) is 73.9 cm³/mol. The first kappa shape index (κ1) is 12.4. The van der Waals surface area contributed by atoms with Gasteiger partial charge in [-0.25, -0.2) is 4.39 Å². The zero-order chi connectivity index (χ0) is 13.7. The van der Waals surface area contributed by atoms with Gasteiger partial charge in [-0.05, 0) is 50.1 Å². The van der Waals surface area contributed by atoms with E-state index < -0.39 is 5.60 Å². The number of halogens is 1. The van der Waals surface area contributed by atoms with E-state index in [0.717, 1.165) is 31.3 Å². The van der Waals surface area contributed by atoms with E-state index in [0.29, 0.717) is 17.8 Å². The number of rotatable bonds is 1. The van der Waals surface area contributed by atoms with Gasteiger partial charge in [0.2, 0.25) is 0 Å². The van der Waals surface area contributed by atoms with E-state index in [2.05, 4.69) is 4.90 Å². The summed E-state index contributed by atoms with van der Waals surface area (Å²) in [5.74, 6) is 0.315. The van der Waals surface area contributed by atoms with E-state index >= 15 is 0 Å². The third-order valence-electron chi connectivity index (χ3n) is 4.85.